The smallest absolute Gasteiger partial charge is 0.135 e. The number of ether oxygens (including phenoxy) is 2. The van der Waals surface area contributed by atoms with Crippen LogP contribution < -0.4 is 10.5 Å². The van der Waals surface area contributed by atoms with Gasteiger partial charge in [-0.1, -0.05) is 25.7 Å². The molecule has 1 aromatic rings. The van der Waals surface area contributed by atoms with Gasteiger partial charge in [-0.15, -0.1) is 0 Å². The van der Waals surface area contributed by atoms with Gasteiger partial charge in [0.2, 0.25) is 0 Å². The summed E-state index contributed by atoms with van der Waals surface area (Å²) in [5.41, 5.74) is 5.83. The van der Waals surface area contributed by atoms with Gasteiger partial charge in [0.15, 0.2) is 0 Å². The quantitative estimate of drug-likeness (QED) is 0.616. The van der Waals surface area contributed by atoms with E-state index in [0.29, 0.717) is 30.4 Å². The lowest BCUT2D eigenvalue weighted by atomic mass is 10.1. The van der Waals surface area contributed by atoms with Gasteiger partial charge in [0.25, 0.3) is 0 Å². The van der Waals surface area contributed by atoms with Crippen molar-refractivity contribution >= 4 is 0 Å². The van der Waals surface area contributed by atoms with E-state index < -0.39 is 0 Å². The van der Waals surface area contributed by atoms with E-state index in [2.05, 4.69) is 25.7 Å². The molecule has 0 bridgehead atoms. The zero-order valence-corrected chi connectivity index (χ0v) is 12.1. The van der Waals surface area contributed by atoms with E-state index in [-0.39, 0.29) is 12.4 Å². The van der Waals surface area contributed by atoms with Crippen molar-refractivity contribution in [1.82, 2.24) is 0 Å². The average molecular weight is 279 g/mol. The lowest BCUT2D eigenvalue weighted by Crippen LogP contribution is -2.09. The average Bonchev–Trinajstić information content (AvgIpc) is 2.41. The van der Waals surface area contributed by atoms with Crippen LogP contribution in [0.5, 0.6) is 5.75 Å². The Bertz CT molecular complexity index is 463. The van der Waals surface area contributed by atoms with Crippen molar-refractivity contribution in [2.75, 3.05) is 26.4 Å². The number of benzene rings is 1. The molecule has 0 aromatic heterocycles. The minimum absolute atomic E-state index is 0.230. The number of nitrogens with two attached hydrogens (primary N) is 1. The fourth-order valence-electron chi connectivity index (χ4n) is 1.50. The molecule has 110 valence electrons. The van der Waals surface area contributed by atoms with Crippen LogP contribution in [-0.2, 0) is 4.74 Å². The molecule has 1 aromatic carbocycles. The van der Waals surface area contributed by atoms with Crippen LogP contribution in [-0.4, -0.2) is 26.4 Å². The largest absolute Gasteiger partial charge is 0.490 e. The van der Waals surface area contributed by atoms with E-state index in [0.717, 1.165) is 13.0 Å². The Kier molecular flexibility index (Phi) is 7.71. The Hall–Kier alpha value is -1.57. The number of rotatable bonds is 7. The van der Waals surface area contributed by atoms with Crippen molar-refractivity contribution in [3.05, 3.63) is 29.6 Å². The minimum Gasteiger partial charge on any atom is -0.490 e. The van der Waals surface area contributed by atoms with Gasteiger partial charge in [0.1, 0.15) is 18.2 Å². The van der Waals surface area contributed by atoms with Crippen LogP contribution in [0.2, 0.25) is 0 Å². The first-order chi connectivity index (χ1) is 9.63. The van der Waals surface area contributed by atoms with Gasteiger partial charge in [0.05, 0.1) is 18.7 Å². The second kappa shape index (κ2) is 9.35. The van der Waals surface area contributed by atoms with Crippen molar-refractivity contribution in [3.63, 3.8) is 0 Å². The summed E-state index contributed by atoms with van der Waals surface area (Å²) in [5, 5.41) is 0. The molecule has 4 heteroatoms. The predicted octanol–water partition coefficient (Wildman–Crippen LogP) is 2.58. The number of hydrogen-bond donors (Lipinski definition) is 1. The molecular formula is C16H22FNO2. The van der Waals surface area contributed by atoms with Gasteiger partial charge in [0, 0.05) is 6.61 Å². The summed E-state index contributed by atoms with van der Waals surface area (Å²) in [6, 6.07) is 4.27. The molecule has 0 fully saturated rings. The molecule has 0 radical (unpaired) electrons. The zero-order chi connectivity index (χ0) is 14.8. The van der Waals surface area contributed by atoms with E-state index in [9.17, 15) is 4.39 Å². The first-order valence-corrected chi connectivity index (χ1v) is 6.82. The first-order valence-electron chi connectivity index (χ1n) is 6.82. The highest BCUT2D eigenvalue weighted by Gasteiger charge is 2.03. The van der Waals surface area contributed by atoms with Crippen molar-refractivity contribution in [3.8, 4) is 17.6 Å². The molecular weight excluding hydrogens is 257 g/mol. The fourth-order valence-corrected chi connectivity index (χ4v) is 1.50. The lowest BCUT2D eigenvalue weighted by molar-refractivity contribution is 0.0925. The Balaban J connectivity index is 2.43. The maximum absolute atomic E-state index is 13.2. The van der Waals surface area contributed by atoms with E-state index in [4.69, 9.17) is 15.2 Å². The molecule has 3 nitrogen and oxygen atoms in total. The molecule has 0 heterocycles. The second-order valence-corrected chi connectivity index (χ2v) is 4.79. The van der Waals surface area contributed by atoms with Gasteiger partial charge in [-0.2, -0.15) is 0 Å². The molecule has 0 aliphatic rings. The van der Waals surface area contributed by atoms with Crippen LogP contribution in [0, 0.1) is 23.6 Å². The standard InChI is InChI=1S/C16H22FNO2/c1-13(2)7-9-19-10-11-20-16-6-5-15(17)12-14(16)4-3-8-18/h5-6,12-13H,7-11,18H2,1-2H3. The predicted molar refractivity (Wildman–Crippen MR) is 78.1 cm³/mol. The second-order valence-electron chi connectivity index (χ2n) is 4.79. The Morgan fingerprint density at radius 2 is 2.05 bits per heavy atom. The van der Waals surface area contributed by atoms with E-state index >= 15 is 0 Å². The van der Waals surface area contributed by atoms with Gasteiger partial charge in [-0.05, 0) is 30.5 Å². The lowest BCUT2D eigenvalue weighted by Gasteiger charge is -2.09. The van der Waals surface area contributed by atoms with Crippen LogP contribution >= 0.6 is 0 Å². The molecule has 0 spiro atoms. The monoisotopic (exact) mass is 279 g/mol. The third-order valence-electron chi connectivity index (χ3n) is 2.59. The molecule has 0 aliphatic heterocycles. The topological polar surface area (TPSA) is 44.5 Å². The summed E-state index contributed by atoms with van der Waals surface area (Å²) in [7, 11) is 0. The summed E-state index contributed by atoms with van der Waals surface area (Å²) in [5.74, 6) is 6.34. The summed E-state index contributed by atoms with van der Waals surface area (Å²) in [6.07, 6.45) is 1.03. The van der Waals surface area contributed by atoms with Gasteiger partial charge >= 0.3 is 0 Å². The molecule has 1 rings (SSSR count). The zero-order valence-electron chi connectivity index (χ0n) is 12.1. The van der Waals surface area contributed by atoms with E-state index in [1.54, 1.807) is 6.07 Å². The van der Waals surface area contributed by atoms with Crippen molar-refractivity contribution < 1.29 is 13.9 Å². The minimum atomic E-state index is -0.341. The first kappa shape index (κ1) is 16.5. The fraction of sp³-hybridized carbons (Fsp3) is 0.500. The third-order valence-corrected chi connectivity index (χ3v) is 2.59. The van der Waals surface area contributed by atoms with Crippen molar-refractivity contribution in [1.29, 1.82) is 0 Å². The SMILES string of the molecule is CC(C)CCOCCOc1ccc(F)cc1C#CCN. The highest BCUT2D eigenvalue weighted by molar-refractivity contribution is 5.46. The number of halogens is 1. The molecule has 0 unspecified atom stereocenters. The van der Waals surface area contributed by atoms with Crippen LogP contribution in [0.1, 0.15) is 25.8 Å². The Morgan fingerprint density at radius 1 is 1.25 bits per heavy atom. The summed E-state index contributed by atoms with van der Waals surface area (Å²) in [4.78, 5) is 0. The maximum atomic E-state index is 13.2. The van der Waals surface area contributed by atoms with E-state index in [1.165, 1.54) is 12.1 Å². The van der Waals surface area contributed by atoms with E-state index in [1.807, 2.05) is 0 Å². The number of hydrogen-bond acceptors (Lipinski definition) is 3. The molecule has 0 saturated heterocycles. The Labute approximate surface area is 120 Å². The molecule has 20 heavy (non-hydrogen) atoms. The van der Waals surface area contributed by atoms with Crippen molar-refractivity contribution in [2.24, 2.45) is 11.7 Å². The highest BCUT2D eigenvalue weighted by Crippen LogP contribution is 2.18. The van der Waals surface area contributed by atoms with Gasteiger partial charge in [-0.3, -0.25) is 0 Å². The van der Waals surface area contributed by atoms with Gasteiger partial charge in [-0.25, -0.2) is 4.39 Å². The molecule has 0 aliphatic carbocycles. The molecule has 2 N–H and O–H groups in total. The highest BCUT2D eigenvalue weighted by atomic mass is 19.1. The van der Waals surface area contributed by atoms with Crippen LogP contribution in [0.4, 0.5) is 4.39 Å². The summed E-state index contributed by atoms with van der Waals surface area (Å²) in [6.45, 7) is 6.19. The summed E-state index contributed by atoms with van der Waals surface area (Å²) >= 11 is 0. The molecule has 0 atom stereocenters. The maximum Gasteiger partial charge on any atom is 0.135 e. The third kappa shape index (κ3) is 6.55. The van der Waals surface area contributed by atoms with Crippen LogP contribution in [0.25, 0.3) is 0 Å². The van der Waals surface area contributed by atoms with Crippen LogP contribution in [0.3, 0.4) is 0 Å². The van der Waals surface area contributed by atoms with Gasteiger partial charge < -0.3 is 15.2 Å². The van der Waals surface area contributed by atoms with Crippen molar-refractivity contribution in [2.45, 2.75) is 20.3 Å². The molecule has 0 amide bonds. The molecule has 0 saturated carbocycles. The Morgan fingerprint density at radius 3 is 2.75 bits per heavy atom. The van der Waals surface area contributed by atoms with Crippen LogP contribution in [0.15, 0.2) is 18.2 Å². The summed E-state index contributed by atoms with van der Waals surface area (Å²) < 4.78 is 24.2. The normalized spacial score (nSPS) is 10.2.